The van der Waals surface area contributed by atoms with Gasteiger partial charge in [0.1, 0.15) is 0 Å². The molecule has 1 amide bonds. The van der Waals surface area contributed by atoms with Gasteiger partial charge in [0.05, 0.1) is 0 Å². The van der Waals surface area contributed by atoms with Crippen molar-refractivity contribution < 1.29 is 4.79 Å². The third-order valence-electron chi connectivity index (χ3n) is 3.33. The maximum atomic E-state index is 11.8. The van der Waals surface area contributed by atoms with E-state index in [2.05, 4.69) is 20.8 Å². The zero-order valence-electron chi connectivity index (χ0n) is 9.10. The van der Waals surface area contributed by atoms with E-state index < -0.39 is 0 Å². The molecule has 0 aromatic carbocycles. The van der Waals surface area contributed by atoms with E-state index in [1.165, 1.54) is 25.0 Å². The SMILES string of the molecule is O=C1CCC2=C(CCCC2)N1CCCBr. The van der Waals surface area contributed by atoms with Crippen LogP contribution in [0.2, 0.25) is 0 Å². The van der Waals surface area contributed by atoms with E-state index in [1.54, 1.807) is 5.57 Å². The molecule has 0 bridgehead atoms. The number of hydrogen-bond acceptors (Lipinski definition) is 1. The van der Waals surface area contributed by atoms with E-state index in [4.69, 9.17) is 0 Å². The summed E-state index contributed by atoms with van der Waals surface area (Å²) in [6, 6.07) is 0. The van der Waals surface area contributed by atoms with E-state index >= 15 is 0 Å². The van der Waals surface area contributed by atoms with Crippen molar-refractivity contribution in [3.05, 3.63) is 11.3 Å². The highest BCUT2D eigenvalue weighted by Crippen LogP contribution is 2.34. The molecule has 0 spiro atoms. The topological polar surface area (TPSA) is 20.3 Å². The molecular formula is C12H18BrNO. The Morgan fingerprint density at radius 2 is 1.93 bits per heavy atom. The van der Waals surface area contributed by atoms with Gasteiger partial charge in [-0.05, 0) is 38.5 Å². The zero-order valence-corrected chi connectivity index (χ0v) is 10.7. The molecule has 0 unspecified atom stereocenters. The highest BCUT2D eigenvalue weighted by Gasteiger charge is 2.27. The number of rotatable bonds is 3. The van der Waals surface area contributed by atoms with E-state index in [0.29, 0.717) is 5.91 Å². The normalized spacial score (nSPS) is 21.9. The summed E-state index contributed by atoms with van der Waals surface area (Å²) in [4.78, 5) is 13.9. The van der Waals surface area contributed by atoms with Gasteiger partial charge >= 0.3 is 0 Å². The van der Waals surface area contributed by atoms with Crippen LogP contribution in [0.3, 0.4) is 0 Å². The van der Waals surface area contributed by atoms with Gasteiger partial charge < -0.3 is 4.90 Å². The van der Waals surface area contributed by atoms with Crippen molar-refractivity contribution in [2.45, 2.75) is 44.9 Å². The Kier molecular flexibility index (Phi) is 3.84. The molecule has 1 aliphatic carbocycles. The van der Waals surface area contributed by atoms with Crippen LogP contribution in [-0.4, -0.2) is 22.7 Å². The maximum Gasteiger partial charge on any atom is 0.227 e. The van der Waals surface area contributed by atoms with Crippen LogP contribution >= 0.6 is 15.9 Å². The highest BCUT2D eigenvalue weighted by atomic mass is 79.9. The fourth-order valence-electron chi connectivity index (χ4n) is 2.57. The molecule has 0 N–H and O–H groups in total. The first-order valence-electron chi connectivity index (χ1n) is 5.90. The number of amides is 1. The van der Waals surface area contributed by atoms with Gasteiger partial charge in [0.2, 0.25) is 5.91 Å². The summed E-state index contributed by atoms with van der Waals surface area (Å²) in [7, 11) is 0. The lowest BCUT2D eigenvalue weighted by atomic mass is 9.89. The van der Waals surface area contributed by atoms with Gasteiger partial charge in [0.15, 0.2) is 0 Å². The first kappa shape index (κ1) is 11.2. The molecule has 0 saturated carbocycles. The summed E-state index contributed by atoms with van der Waals surface area (Å²) in [5.74, 6) is 0.344. The summed E-state index contributed by atoms with van der Waals surface area (Å²) in [6.45, 7) is 0.906. The van der Waals surface area contributed by atoms with Crippen LogP contribution in [0, 0.1) is 0 Å². The third-order valence-corrected chi connectivity index (χ3v) is 3.89. The van der Waals surface area contributed by atoms with Crippen molar-refractivity contribution in [2.24, 2.45) is 0 Å². The lowest BCUT2D eigenvalue weighted by molar-refractivity contribution is -0.130. The number of hydrogen-bond donors (Lipinski definition) is 0. The monoisotopic (exact) mass is 271 g/mol. The molecule has 15 heavy (non-hydrogen) atoms. The first-order valence-corrected chi connectivity index (χ1v) is 7.02. The summed E-state index contributed by atoms with van der Waals surface area (Å²) >= 11 is 3.43. The van der Waals surface area contributed by atoms with Crippen molar-refractivity contribution in [3.8, 4) is 0 Å². The maximum absolute atomic E-state index is 11.8. The quantitative estimate of drug-likeness (QED) is 0.722. The van der Waals surface area contributed by atoms with E-state index in [-0.39, 0.29) is 0 Å². The van der Waals surface area contributed by atoms with Crippen molar-refractivity contribution >= 4 is 21.8 Å². The second-order valence-corrected chi connectivity index (χ2v) is 5.14. The zero-order chi connectivity index (χ0) is 10.7. The Bertz CT molecular complexity index is 285. The van der Waals surface area contributed by atoms with Gasteiger partial charge in [0.25, 0.3) is 0 Å². The van der Waals surface area contributed by atoms with Crippen LogP contribution in [0.4, 0.5) is 0 Å². The van der Waals surface area contributed by atoms with Gasteiger partial charge in [0, 0.05) is 24.0 Å². The number of halogens is 1. The van der Waals surface area contributed by atoms with Crippen LogP contribution in [0.15, 0.2) is 11.3 Å². The average molecular weight is 272 g/mol. The average Bonchev–Trinajstić information content (AvgIpc) is 2.28. The number of alkyl halides is 1. The number of nitrogens with zero attached hydrogens (tertiary/aromatic N) is 1. The number of carbonyl (C=O) groups is 1. The fourth-order valence-corrected chi connectivity index (χ4v) is 2.82. The predicted octanol–water partition coefficient (Wildman–Crippen LogP) is 3.22. The summed E-state index contributed by atoms with van der Waals surface area (Å²) in [5, 5.41) is 0.986. The van der Waals surface area contributed by atoms with Crippen LogP contribution in [0.5, 0.6) is 0 Å². The van der Waals surface area contributed by atoms with Gasteiger partial charge in [-0.2, -0.15) is 0 Å². The van der Waals surface area contributed by atoms with Crippen molar-refractivity contribution in [1.29, 1.82) is 0 Å². The van der Waals surface area contributed by atoms with Crippen LogP contribution in [-0.2, 0) is 4.79 Å². The Morgan fingerprint density at radius 3 is 2.73 bits per heavy atom. The Balaban J connectivity index is 2.12. The molecule has 2 aliphatic rings. The standard InChI is InChI=1S/C12H18BrNO/c13-8-3-9-14-11-5-2-1-4-10(11)6-7-12(14)15/h1-9H2. The fraction of sp³-hybridized carbons (Fsp3) is 0.750. The lowest BCUT2D eigenvalue weighted by Crippen LogP contribution is -2.36. The first-order chi connectivity index (χ1) is 7.33. The molecule has 3 heteroatoms. The lowest BCUT2D eigenvalue weighted by Gasteiger charge is -2.34. The Labute approximate surface area is 99.8 Å². The molecule has 0 saturated heterocycles. The molecule has 1 heterocycles. The van der Waals surface area contributed by atoms with Crippen LogP contribution in [0.1, 0.15) is 44.9 Å². The molecule has 0 fully saturated rings. The highest BCUT2D eigenvalue weighted by molar-refractivity contribution is 9.09. The van der Waals surface area contributed by atoms with Gasteiger partial charge in [-0.25, -0.2) is 0 Å². The van der Waals surface area contributed by atoms with Gasteiger partial charge in [-0.3, -0.25) is 4.79 Å². The minimum atomic E-state index is 0.344. The number of allylic oxidation sites excluding steroid dienone is 2. The second-order valence-electron chi connectivity index (χ2n) is 4.35. The minimum Gasteiger partial charge on any atom is -0.316 e. The molecule has 0 aromatic heterocycles. The van der Waals surface area contributed by atoms with E-state index in [9.17, 15) is 4.79 Å². The Morgan fingerprint density at radius 1 is 1.13 bits per heavy atom. The van der Waals surface area contributed by atoms with Gasteiger partial charge in [-0.15, -0.1) is 0 Å². The third kappa shape index (κ3) is 2.44. The predicted molar refractivity (Wildman–Crippen MR) is 64.9 cm³/mol. The largest absolute Gasteiger partial charge is 0.316 e. The van der Waals surface area contributed by atoms with Crippen molar-refractivity contribution in [1.82, 2.24) is 4.90 Å². The molecule has 1 aliphatic heterocycles. The minimum absolute atomic E-state index is 0.344. The van der Waals surface area contributed by atoms with Crippen LogP contribution in [0.25, 0.3) is 0 Å². The molecule has 84 valence electrons. The molecule has 2 rings (SSSR count). The molecule has 0 atom stereocenters. The van der Waals surface area contributed by atoms with Crippen LogP contribution < -0.4 is 0 Å². The molecule has 0 aromatic rings. The van der Waals surface area contributed by atoms with Crippen molar-refractivity contribution in [2.75, 3.05) is 11.9 Å². The van der Waals surface area contributed by atoms with Crippen molar-refractivity contribution in [3.63, 3.8) is 0 Å². The van der Waals surface area contributed by atoms with Gasteiger partial charge in [-0.1, -0.05) is 21.5 Å². The van der Waals surface area contributed by atoms with E-state index in [1.807, 2.05) is 0 Å². The smallest absolute Gasteiger partial charge is 0.227 e. The summed E-state index contributed by atoms with van der Waals surface area (Å²) in [6.07, 6.45) is 7.76. The molecule has 2 nitrogen and oxygen atoms in total. The second kappa shape index (κ2) is 5.15. The summed E-state index contributed by atoms with van der Waals surface area (Å²) < 4.78 is 0. The summed E-state index contributed by atoms with van der Waals surface area (Å²) in [5.41, 5.74) is 2.94. The molecular weight excluding hydrogens is 254 g/mol. The Hall–Kier alpha value is -0.310. The number of carbonyl (C=O) groups excluding carboxylic acids is 1. The molecule has 0 radical (unpaired) electrons. The van der Waals surface area contributed by atoms with E-state index in [0.717, 1.165) is 37.6 Å².